The molecule has 0 aromatic carbocycles. The van der Waals surface area contributed by atoms with Gasteiger partial charge in [-0.15, -0.1) is 0 Å². The van der Waals surface area contributed by atoms with Gasteiger partial charge in [0.1, 0.15) is 5.78 Å². The molecule has 0 amide bonds. The first-order valence-corrected chi connectivity index (χ1v) is 8.97. The van der Waals surface area contributed by atoms with Crippen LogP contribution in [0, 0.1) is 28.6 Å². The van der Waals surface area contributed by atoms with Gasteiger partial charge in [-0.1, -0.05) is 25.5 Å². The molecule has 3 saturated carbocycles. The highest BCUT2D eigenvalue weighted by Crippen LogP contribution is 2.63. The Morgan fingerprint density at radius 2 is 1.73 bits per heavy atom. The van der Waals surface area contributed by atoms with Gasteiger partial charge in [0.25, 0.3) is 0 Å². The molecule has 0 aliphatic heterocycles. The third-order valence-corrected chi connectivity index (χ3v) is 7.81. The fourth-order valence-electron chi connectivity index (χ4n) is 6.40. The van der Waals surface area contributed by atoms with Crippen molar-refractivity contribution in [1.82, 2.24) is 0 Å². The van der Waals surface area contributed by atoms with Crippen molar-refractivity contribution in [2.45, 2.75) is 71.0 Å². The predicted molar refractivity (Wildman–Crippen MR) is 84.1 cm³/mol. The largest absolute Gasteiger partial charge is 0.393 e. The molecule has 0 radical (unpaired) electrons. The zero-order valence-corrected chi connectivity index (χ0v) is 13.7. The van der Waals surface area contributed by atoms with Crippen LogP contribution in [-0.2, 0) is 4.79 Å². The number of carbonyl (C=O) groups is 1. The van der Waals surface area contributed by atoms with Gasteiger partial charge in [0, 0.05) is 11.8 Å². The SMILES string of the molecule is C[C@]12CC[C@H](O)CC1=C[C@H](O)[C@@H]1[C@H]2CC[C@]2(C)C(=O)CC[C@H]12. The fraction of sp³-hybridized carbons (Fsp3) is 0.842. The highest BCUT2D eigenvalue weighted by Gasteiger charge is 2.60. The lowest BCUT2D eigenvalue weighted by Gasteiger charge is -2.58. The summed E-state index contributed by atoms with van der Waals surface area (Å²) in [6.07, 6.45) is 7.65. The Morgan fingerprint density at radius 1 is 1.05 bits per heavy atom. The monoisotopic (exact) mass is 304 g/mol. The lowest BCUT2D eigenvalue weighted by Crippen LogP contribution is -2.54. The minimum atomic E-state index is -0.436. The van der Waals surface area contributed by atoms with E-state index in [1.165, 1.54) is 5.57 Å². The van der Waals surface area contributed by atoms with E-state index in [0.717, 1.165) is 38.5 Å². The average Bonchev–Trinajstić information content (AvgIpc) is 2.77. The van der Waals surface area contributed by atoms with Crippen LogP contribution in [0.25, 0.3) is 0 Å². The van der Waals surface area contributed by atoms with Gasteiger partial charge >= 0.3 is 0 Å². The van der Waals surface area contributed by atoms with E-state index in [1.807, 2.05) is 6.08 Å². The molecule has 0 aromatic rings. The lowest BCUT2D eigenvalue weighted by molar-refractivity contribution is -0.135. The molecule has 4 aliphatic carbocycles. The van der Waals surface area contributed by atoms with Crippen molar-refractivity contribution in [3.63, 3.8) is 0 Å². The Morgan fingerprint density at radius 3 is 2.50 bits per heavy atom. The van der Waals surface area contributed by atoms with E-state index < -0.39 is 6.10 Å². The molecule has 3 nitrogen and oxygen atoms in total. The summed E-state index contributed by atoms with van der Waals surface area (Å²) in [5.41, 5.74) is 1.20. The Bertz CT molecular complexity index is 539. The highest BCUT2D eigenvalue weighted by atomic mass is 16.3. The van der Waals surface area contributed by atoms with Crippen molar-refractivity contribution >= 4 is 5.78 Å². The number of carbonyl (C=O) groups excluding carboxylic acids is 1. The third kappa shape index (κ3) is 1.78. The molecule has 0 spiro atoms. The maximum absolute atomic E-state index is 12.4. The Balaban J connectivity index is 1.75. The second kappa shape index (κ2) is 4.67. The van der Waals surface area contributed by atoms with Gasteiger partial charge in [0.15, 0.2) is 0 Å². The van der Waals surface area contributed by atoms with Gasteiger partial charge in [0.05, 0.1) is 12.2 Å². The summed E-state index contributed by atoms with van der Waals surface area (Å²) in [7, 11) is 0. The summed E-state index contributed by atoms with van der Waals surface area (Å²) in [4.78, 5) is 12.4. The Kier molecular flexibility index (Phi) is 3.16. The van der Waals surface area contributed by atoms with Crippen LogP contribution in [-0.4, -0.2) is 28.2 Å². The van der Waals surface area contributed by atoms with Crippen molar-refractivity contribution in [2.24, 2.45) is 28.6 Å². The molecule has 2 N–H and O–H groups in total. The van der Waals surface area contributed by atoms with Crippen LogP contribution in [0.3, 0.4) is 0 Å². The first kappa shape index (κ1) is 14.9. The molecule has 0 unspecified atom stereocenters. The maximum Gasteiger partial charge on any atom is 0.139 e. The minimum absolute atomic E-state index is 0.121. The molecule has 0 heterocycles. The quantitative estimate of drug-likeness (QED) is 0.677. The van der Waals surface area contributed by atoms with Crippen LogP contribution in [0.4, 0.5) is 0 Å². The van der Waals surface area contributed by atoms with Crippen molar-refractivity contribution in [1.29, 1.82) is 0 Å². The molecule has 3 fully saturated rings. The van der Waals surface area contributed by atoms with Crippen LogP contribution in [0.1, 0.15) is 58.8 Å². The summed E-state index contributed by atoms with van der Waals surface area (Å²) in [5, 5.41) is 20.8. The molecule has 3 heteroatoms. The molecular weight excluding hydrogens is 276 g/mol. The van der Waals surface area contributed by atoms with Gasteiger partial charge < -0.3 is 10.2 Å². The number of hydrogen-bond acceptors (Lipinski definition) is 3. The van der Waals surface area contributed by atoms with Crippen LogP contribution in [0.5, 0.6) is 0 Å². The van der Waals surface area contributed by atoms with E-state index in [4.69, 9.17) is 0 Å². The summed E-state index contributed by atoms with van der Waals surface area (Å²) >= 11 is 0. The number of rotatable bonds is 0. The maximum atomic E-state index is 12.4. The Labute approximate surface area is 132 Å². The molecule has 0 bridgehead atoms. The second-order valence-corrected chi connectivity index (χ2v) is 8.70. The molecular formula is C19H28O3. The first-order valence-electron chi connectivity index (χ1n) is 8.97. The van der Waals surface area contributed by atoms with Gasteiger partial charge in [-0.05, 0) is 61.7 Å². The third-order valence-electron chi connectivity index (χ3n) is 7.81. The molecule has 7 atom stereocenters. The van der Waals surface area contributed by atoms with Gasteiger partial charge in [-0.25, -0.2) is 0 Å². The van der Waals surface area contributed by atoms with E-state index in [9.17, 15) is 15.0 Å². The van der Waals surface area contributed by atoms with Crippen LogP contribution >= 0.6 is 0 Å². The number of fused-ring (bicyclic) bond motifs is 5. The zero-order chi connectivity index (χ0) is 15.7. The lowest BCUT2D eigenvalue weighted by atomic mass is 9.47. The van der Waals surface area contributed by atoms with Crippen molar-refractivity contribution in [3.8, 4) is 0 Å². The van der Waals surface area contributed by atoms with E-state index in [2.05, 4.69) is 13.8 Å². The number of aliphatic hydroxyl groups is 2. The summed E-state index contributed by atoms with van der Waals surface area (Å²) < 4.78 is 0. The highest BCUT2D eigenvalue weighted by molar-refractivity contribution is 5.87. The number of hydrogen-bond donors (Lipinski definition) is 2. The minimum Gasteiger partial charge on any atom is -0.393 e. The van der Waals surface area contributed by atoms with Gasteiger partial charge in [0.2, 0.25) is 0 Å². The predicted octanol–water partition coefficient (Wildman–Crippen LogP) is 2.85. The van der Waals surface area contributed by atoms with Crippen LogP contribution in [0.15, 0.2) is 11.6 Å². The van der Waals surface area contributed by atoms with Gasteiger partial charge in [-0.2, -0.15) is 0 Å². The molecule has 122 valence electrons. The van der Waals surface area contributed by atoms with E-state index in [0.29, 0.717) is 24.0 Å². The zero-order valence-electron chi connectivity index (χ0n) is 13.7. The van der Waals surface area contributed by atoms with E-state index in [1.54, 1.807) is 0 Å². The summed E-state index contributed by atoms with van der Waals surface area (Å²) in [6.45, 7) is 4.48. The molecule has 0 saturated heterocycles. The van der Waals surface area contributed by atoms with E-state index in [-0.39, 0.29) is 22.9 Å². The normalized spacial score (nSPS) is 54.3. The smallest absolute Gasteiger partial charge is 0.139 e. The van der Waals surface area contributed by atoms with Crippen molar-refractivity contribution < 1.29 is 15.0 Å². The first-order chi connectivity index (χ1) is 10.4. The topological polar surface area (TPSA) is 57.5 Å². The fourth-order valence-corrected chi connectivity index (χ4v) is 6.40. The van der Waals surface area contributed by atoms with E-state index >= 15 is 0 Å². The summed E-state index contributed by atoms with van der Waals surface area (Å²) in [5.74, 6) is 1.46. The van der Waals surface area contributed by atoms with Crippen LogP contribution in [0.2, 0.25) is 0 Å². The molecule has 22 heavy (non-hydrogen) atoms. The number of ketones is 1. The second-order valence-electron chi connectivity index (χ2n) is 8.70. The van der Waals surface area contributed by atoms with Crippen LogP contribution < -0.4 is 0 Å². The van der Waals surface area contributed by atoms with Crippen molar-refractivity contribution in [3.05, 3.63) is 11.6 Å². The number of Topliss-reactive ketones (excluding diaryl/α,β-unsaturated/α-hetero) is 1. The standard InChI is InChI=1S/C19H28O3/c1-18-7-5-12(20)9-11(18)10-15(21)17-13-3-4-16(22)19(13,2)8-6-14(17)18/h10,12-15,17,20-21H,3-9H2,1-2H3/t12-,13+,14+,15-,17-,18-,19-/m0/s1. The van der Waals surface area contributed by atoms with Gasteiger partial charge in [-0.3, -0.25) is 4.79 Å². The number of aliphatic hydroxyl groups excluding tert-OH is 2. The molecule has 0 aromatic heterocycles. The summed E-state index contributed by atoms with van der Waals surface area (Å²) in [6, 6.07) is 0. The molecule has 4 rings (SSSR count). The van der Waals surface area contributed by atoms with Crippen molar-refractivity contribution in [2.75, 3.05) is 0 Å². The Hall–Kier alpha value is -0.670. The molecule has 4 aliphatic rings. The average molecular weight is 304 g/mol.